The standard InChI is InChI=1S/C18H31N5O/c1-20-5-7-21(8-6-20)11-17-12-22(10-16-2-9-24-15-16)14-18-19-3-4-23(18)13-17/h3-4,16-17H,2,5-15H2,1H3/t16-,17-/m1/s1. The van der Waals surface area contributed by atoms with E-state index in [1.807, 2.05) is 6.20 Å². The number of hydrogen-bond acceptors (Lipinski definition) is 5. The predicted octanol–water partition coefficient (Wildman–Crippen LogP) is 0.599. The predicted molar refractivity (Wildman–Crippen MR) is 93.9 cm³/mol. The topological polar surface area (TPSA) is 36.8 Å². The van der Waals surface area contributed by atoms with Crippen LogP contribution in [0.3, 0.4) is 0 Å². The maximum Gasteiger partial charge on any atom is 0.122 e. The monoisotopic (exact) mass is 333 g/mol. The first-order valence-corrected chi connectivity index (χ1v) is 9.47. The lowest BCUT2D eigenvalue weighted by Gasteiger charge is -2.35. The van der Waals surface area contributed by atoms with Gasteiger partial charge in [0.1, 0.15) is 5.82 Å². The quantitative estimate of drug-likeness (QED) is 0.806. The maximum atomic E-state index is 5.58. The molecule has 24 heavy (non-hydrogen) atoms. The highest BCUT2D eigenvalue weighted by Gasteiger charge is 2.27. The molecule has 6 heteroatoms. The van der Waals surface area contributed by atoms with Gasteiger partial charge in [-0.1, -0.05) is 0 Å². The van der Waals surface area contributed by atoms with Crippen molar-refractivity contribution >= 4 is 0 Å². The molecule has 3 aliphatic rings. The molecule has 0 amide bonds. The Labute approximate surface area is 145 Å². The first-order valence-electron chi connectivity index (χ1n) is 9.47. The third-order valence-electron chi connectivity index (χ3n) is 5.79. The van der Waals surface area contributed by atoms with Crippen LogP contribution in [-0.2, 0) is 17.8 Å². The largest absolute Gasteiger partial charge is 0.381 e. The molecule has 6 nitrogen and oxygen atoms in total. The lowest BCUT2D eigenvalue weighted by atomic mass is 10.1. The Hall–Kier alpha value is -0.950. The van der Waals surface area contributed by atoms with Crippen LogP contribution >= 0.6 is 0 Å². The zero-order valence-electron chi connectivity index (χ0n) is 14.9. The fourth-order valence-corrected chi connectivity index (χ4v) is 4.37. The van der Waals surface area contributed by atoms with Crippen molar-refractivity contribution in [1.82, 2.24) is 24.3 Å². The molecule has 1 aromatic rings. The van der Waals surface area contributed by atoms with Gasteiger partial charge < -0.3 is 19.1 Å². The first kappa shape index (κ1) is 16.5. The van der Waals surface area contributed by atoms with Crippen LogP contribution in [0.15, 0.2) is 12.4 Å². The van der Waals surface area contributed by atoms with E-state index in [-0.39, 0.29) is 0 Å². The highest BCUT2D eigenvalue weighted by atomic mass is 16.5. The summed E-state index contributed by atoms with van der Waals surface area (Å²) in [4.78, 5) is 12.3. The molecule has 1 aromatic heterocycles. The molecule has 0 radical (unpaired) electrons. The van der Waals surface area contributed by atoms with E-state index in [0.29, 0.717) is 11.8 Å². The average molecular weight is 333 g/mol. The first-order chi connectivity index (χ1) is 11.8. The normalized spacial score (nSPS) is 30.4. The molecule has 0 saturated carbocycles. The van der Waals surface area contributed by atoms with Gasteiger partial charge in [0, 0.05) is 77.3 Å². The van der Waals surface area contributed by atoms with E-state index < -0.39 is 0 Å². The van der Waals surface area contributed by atoms with Gasteiger partial charge in [-0.05, 0) is 19.4 Å². The summed E-state index contributed by atoms with van der Waals surface area (Å²) in [6.45, 7) is 12.4. The number of fused-ring (bicyclic) bond motifs is 1. The summed E-state index contributed by atoms with van der Waals surface area (Å²) in [7, 11) is 2.23. The average Bonchev–Trinajstić information content (AvgIpc) is 3.19. The summed E-state index contributed by atoms with van der Waals surface area (Å²) >= 11 is 0. The number of aromatic nitrogens is 2. The second-order valence-electron chi connectivity index (χ2n) is 7.89. The molecule has 3 aliphatic heterocycles. The highest BCUT2D eigenvalue weighted by Crippen LogP contribution is 2.21. The lowest BCUT2D eigenvalue weighted by molar-refractivity contribution is 0.111. The van der Waals surface area contributed by atoms with Gasteiger partial charge in [0.15, 0.2) is 0 Å². The van der Waals surface area contributed by atoms with E-state index in [4.69, 9.17) is 4.74 Å². The van der Waals surface area contributed by atoms with E-state index >= 15 is 0 Å². The molecule has 2 fully saturated rings. The molecule has 134 valence electrons. The summed E-state index contributed by atoms with van der Waals surface area (Å²) in [5.74, 6) is 2.62. The van der Waals surface area contributed by atoms with Gasteiger partial charge >= 0.3 is 0 Å². The molecule has 0 spiro atoms. The molecule has 2 saturated heterocycles. The number of ether oxygens (including phenoxy) is 1. The fraction of sp³-hybridized carbons (Fsp3) is 0.833. The molecule has 0 bridgehead atoms. The second kappa shape index (κ2) is 7.52. The third kappa shape index (κ3) is 3.99. The van der Waals surface area contributed by atoms with E-state index in [2.05, 4.69) is 37.5 Å². The lowest BCUT2D eigenvalue weighted by Crippen LogP contribution is -2.47. The zero-order chi connectivity index (χ0) is 16.4. The van der Waals surface area contributed by atoms with Crippen LogP contribution in [0, 0.1) is 11.8 Å². The maximum absolute atomic E-state index is 5.58. The number of piperazine rings is 1. The molecular formula is C18H31N5O. The van der Waals surface area contributed by atoms with Gasteiger partial charge in [-0.25, -0.2) is 4.98 Å². The van der Waals surface area contributed by atoms with Crippen molar-refractivity contribution in [2.75, 3.05) is 66.1 Å². The molecule has 2 atom stereocenters. The number of nitrogens with zero attached hydrogens (tertiary/aromatic N) is 5. The van der Waals surface area contributed by atoms with Gasteiger partial charge in [-0.15, -0.1) is 0 Å². The summed E-state index contributed by atoms with van der Waals surface area (Å²) in [6.07, 6.45) is 5.34. The number of rotatable bonds is 4. The Balaban J connectivity index is 1.40. The van der Waals surface area contributed by atoms with Gasteiger partial charge in [-0.3, -0.25) is 4.90 Å². The van der Waals surface area contributed by atoms with Gasteiger partial charge in [0.2, 0.25) is 0 Å². The van der Waals surface area contributed by atoms with E-state index in [1.165, 1.54) is 51.5 Å². The van der Waals surface area contributed by atoms with Crippen molar-refractivity contribution in [2.45, 2.75) is 19.5 Å². The van der Waals surface area contributed by atoms with Gasteiger partial charge in [0.25, 0.3) is 0 Å². The van der Waals surface area contributed by atoms with Crippen molar-refractivity contribution in [3.05, 3.63) is 18.2 Å². The van der Waals surface area contributed by atoms with Crippen molar-refractivity contribution in [3.63, 3.8) is 0 Å². The second-order valence-corrected chi connectivity index (χ2v) is 7.89. The molecular weight excluding hydrogens is 302 g/mol. The van der Waals surface area contributed by atoms with Crippen molar-refractivity contribution in [3.8, 4) is 0 Å². The molecule has 0 N–H and O–H groups in total. The van der Waals surface area contributed by atoms with Crippen LogP contribution in [0.4, 0.5) is 0 Å². The Morgan fingerprint density at radius 2 is 1.92 bits per heavy atom. The molecule has 0 aromatic carbocycles. The van der Waals surface area contributed by atoms with Crippen LogP contribution < -0.4 is 0 Å². The summed E-state index contributed by atoms with van der Waals surface area (Å²) < 4.78 is 7.96. The van der Waals surface area contributed by atoms with Crippen LogP contribution in [0.2, 0.25) is 0 Å². The van der Waals surface area contributed by atoms with Crippen LogP contribution in [0.1, 0.15) is 12.2 Å². The fourth-order valence-electron chi connectivity index (χ4n) is 4.37. The Kier molecular flexibility index (Phi) is 5.17. The number of hydrogen-bond donors (Lipinski definition) is 0. The highest BCUT2D eigenvalue weighted by molar-refractivity contribution is 4.96. The number of likely N-dealkylation sites (N-methyl/N-ethyl adjacent to an activating group) is 1. The van der Waals surface area contributed by atoms with E-state index in [0.717, 1.165) is 32.8 Å². The summed E-state index contributed by atoms with van der Waals surface area (Å²) in [6, 6.07) is 0. The van der Waals surface area contributed by atoms with Crippen LogP contribution in [-0.4, -0.2) is 90.3 Å². The zero-order valence-corrected chi connectivity index (χ0v) is 14.9. The van der Waals surface area contributed by atoms with Gasteiger partial charge in [0.05, 0.1) is 13.2 Å². The van der Waals surface area contributed by atoms with Crippen LogP contribution in [0.5, 0.6) is 0 Å². The Morgan fingerprint density at radius 3 is 2.71 bits per heavy atom. The molecule has 0 unspecified atom stereocenters. The van der Waals surface area contributed by atoms with Crippen molar-refractivity contribution in [2.24, 2.45) is 11.8 Å². The Bertz CT molecular complexity index is 519. The molecule has 4 rings (SSSR count). The minimum atomic E-state index is 0.686. The van der Waals surface area contributed by atoms with Crippen molar-refractivity contribution in [1.29, 1.82) is 0 Å². The SMILES string of the molecule is CN1CCN(C[C@@H]2CN(C[C@H]3CCOC3)Cc3nccn3C2)CC1. The molecule has 4 heterocycles. The minimum Gasteiger partial charge on any atom is -0.381 e. The van der Waals surface area contributed by atoms with Gasteiger partial charge in [-0.2, -0.15) is 0 Å². The smallest absolute Gasteiger partial charge is 0.122 e. The van der Waals surface area contributed by atoms with Crippen LogP contribution in [0.25, 0.3) is 0 Å². The molecule has 0 aliphatic carbocycles. The van der Waals surface area contributed by atoms with Crippen molar-refractivity contribution < 1.29 is 4.74 Å². The minimum absolute atomic E-state index is 0.686. The number of imidazole rings is 1. The van der Waals surface area contributed by atoms with E-state index in [1.54, 1.807) is 0 Å². The summed E-state index contributed by atoms with van der Waals surface area (Å²) in [5, 5.41) is 0. The summed E-state index contributed by atoms with van der Waals surface area (Å²) in [5.41, 5.74) is 0. The third-order valence-corrected chi connectivity index (χ3v) is 5.79. The van der Waals surface area contributed by atoms with E-state index in [9.17, 15) is 0 Å². The Morgan fingerprint density at radius 1 is 1.08 bits per heavy atom.